The molecule has 0 radical (unpaired) electrons. The Bertz CT molecular complexity index is 1260. The molecule has 3 N–H and O–H groups in total. The maximum atomic E-state index is 12.4. The molecule has 0 spiro atoms. The smallest absolute Gasteiger partial charge is 0.255 e. The molecule has 3 aromatic rings. The summed E-state index contributed by atoms with van der Waals surface area (Å²) in [5.41, 5.74) is 6.88. The zero-order chi connectivity index (χ0) is 24.8. The van der Waals surface area contributed by atoms with Crippen LogP contribution in [-0.4, -0.2) is 24.7 Å². The van der Waals surface area contributed by atoms with Crippen molar-refractivity contribution in [3.63, 3.8) is 0 Å². The standard InChI is InChI=1S/C25H23ClN2O6/c1-14(29)22-15(2)34-25(23(22)24(27)31)28-21(30)11-7-16-6-10-19(20(12-16)32-3)33-13-17-4-8-18(26)9-5-17/h4-12H,13H2,1-3H3,(H2,27,31)(H,28,30)/b11-7+. The Morgan fingerprint density at radius 3 is 2.41 bits per heavy atom. The van der Waals surface area contributed by atoms with Gasteiger partial charge in [-0.25, -0.2) is 0 Å². The van der Waals surface area contributed by atoms with E-state index < -0.39 is 17.6 Å². The minimum atomic E-state index is -0.875. The van der Waals surface area contributed by atoms with E-state index in [2.05, 4.69) is 5.32 Å². The minimum absolute atomic E-state index is 0.0469. The molecule has 0 atom stereocenters. The van der Waals surface area contributed by atoms with Crippen molar-refractivity contribution in [1.82, 2.24) is 0 Å². The monoisotopic (exact) mass is 482 g/mol. The van der Waals surface area contributed by atoms with Crippen LogP contribution >= 0.6 is 11.6 Å². The highest BCUT2D eigenvalue weighted by Gasteiger charge is 2.25. The van der Waals surface area contributed by atoms with E-state index in [-0.39, 0.29) is 22.8 Å². The molecule has 0 bridgehead atoms. The normalized spacial score (nSPS) is 10.8. The van der Waals surface area contributed by atoms with Gasteiger partial charge in [0.15, 0.2) is 17.3 Å². The summed E-state index contributed by atoms with van der Waals surface area (Å²) in [5.74, 6) is -0.800. The summed E-state index contributed by atoms with van der Waals surface area (Å²) in [5, 5.41) is 3.10. The quantitative estimate of drug-likeness (QED) is 0.334. The first-order valence-electron chi connectivity index (χ1n) is 10.2. The topological polar surface area (TPSA) is 121 Å². The Balaban J connectivity index is 1.71. The van der Waals surface area contributed by atoms with Gasteiger partial charge in [0, 0.05) is 11.1 Å². The number of aryl methyl sites for hydroxylation is 1. The molecule has 0 aliphatic heterocycles. The van der Waals surface area contributed by atoms with Gasteiger partial charge in [-0.2, -0.15) is 0 Å². The summed E-state index contributed by atoms with van der Waals surface area (Å²) in [4.78, 5) is 36.0. The summed E-state index contributed by atoms with van der Waals surface area (Å²) < 4.78 is 16.6. The number of carbonyl (C=O) groups excluding carboxylic acids is 3. The Kier molecular flexibility index (Phi) is 7.75. The second-order valence-corrected chi connectivity index (χ2v) is 7.74. The van der Waals surface area contributed by atoms with Gasteiger partial charge in [-0.05, 0) is 55.3 Å². The van der Waals surface area contributed by atoms with Crippen LogP contribution < -0.4 is 20.5 Å². The maximum Gasteiger partial charge on any atom is 0.255 e. The SMILES string of the molecule is COc1cc(/C=C/C(=O)Nc2oc(C)c(C(C)=O)c2C(N)=O)ccc1OCc1ccc(Cl)cc1. The number of hydrogen-bond acceptors (Lipinski definition) is 6. The predicted molar refractivity (Wildman–Crippen MR) is 128 cm³/mol. The molecule has 0 saturated carbocycles. The molecule has 2 amide bonds. The number of amides is 2. The van der Waals surface area contributed by atoms with E-state index in [1.165, 1.54) is 27.0 Å². The number of nitrogens with one attached hydrogen (secondary N) is 1. The lowest BCUT2D eigenvalue weighted by molar-refractivity contribution is -0.111. The first-order chi connectivity index (χ1) is 16.2. The van der Waals surface area contributed by atoms with Crippen LogP contribution in [0.2, 0.25) is 5.02 Å². The van der Waals surface area contributed by atoms with E-state index in [0.717, 1.165) is 5.56 Å². The van der Waals surface area contributed by atoms with Gasteiger partial charge in [-0.1, -0.05) is 29.8 Å². The second kappa shape index (κ2) is 10.7. The Morgan fingerprint density at radius 2 is 1.79 bits per heavy atom. The van der Waals surface area contributed by atoms with Gasteiger partial charge in [0.25, 0.3) is 11.8 Å². The summed E-state index contributed by atoms with van der Waals surface area (Å²) >= 11 is 5.90. The van der Waals surface area contributed by atoms with Crippen LogP contribution in [-0.2, 0) is 11.4 Å². The number of halogens is 1. The molecular weight excluding hydrogens is 460 g/mol. The highest BCUT2D eigenvalue weighted by atomic mass is 35.5. The van der Waals surface area contributed by atoms with Crippen molar-refractivity contribution in [1.29, 1.82) is 0 Å². The van der Waals surface area contributed by atoms with E-state index in [1.807, 2.05) is 12.1 Å². The van der Waals surface area contributed by atoms with Gasteiger partial charge in [-0.3, -0.25) is 19.7 Å². The van der Waals surface area contributed by atoms with E-state index >= 15 is 0 Å². The van der Waals surface area contributed by atoms with Crippen molar-refractivity contribution in [2.75, 3.05) is 12.4 Å². The maximum absolute atomic E-state index is 12.4. The lowest BCUT2D eigenvalue weighted by Crippen LogP contribution is -2.18. The average Bonchev–Trinajstić information content (AvgIpc) is 3.13. The first-order valence-corrected chi connectivity index (χ1v) is 10.6. The number of carbonyl (C=O) groups is 3. The molecule has 34 heavy (non-hydrogen) atoms. The van der Waals surface area contributed by atoms with Crippen LogP contribution in [0.25, 0.3) is 6.08 Å². The molecule has 0 aliphatic rings. The fourth-order valence-electron chi connectivity index (χ4n) is 3.27. The van der Waals surface area contributed by atoms with Gasteiger partial charge in [0.05, 0.1) is 12.7 Å². The van der Waals surface area contributed by atoms with E-state index in [9.17, 15) is 14.4 Å². The highest BCUT2D eigenvalue weighted by molar-refractivity contribution is 6.30. The number of ether oxygens (including phenoxy) is 2. The van der Waals surface area contributed by atoms with E-state index in [0.29, 0.717) is 28.7 Å². The Hall–Kier alpha value is -4.04. The number of furan rings is 1. The van der Waals surface area contributed by atoms with E-state index in [4.69, 9.17) is 31.2 Å². The lowest BCUT2D eigenvalue weighted by atomic mass is 10.1. The van der Waals surface area contributed by atoms with Crippen LogP contribution in [0.4, 0.5) is 5.88 Å². The fraction of sp³-hybridized carbons (Fsp3) is 0.160. The van der Waals surface area contributed by atoms with Crippen molar-refractivity contribution in [2.24, 2.45) is 5.73 Å². The first kappa shape index (κ1) is 24.6. The fourth-order valence-corrected chi connectivity index (χ4v) is 3.39. The predicted octanol–water partition coefficient (Wildman–Crippen LogP) is 4.78. The van der Waals surface area contributed by atoms with Crippen molar-refractivity contribution in [2.45, 2.75) is 20.5 Å². The summed E-state index contributed by atoms with van der Waals surface area (Å²) in [6.07, 6.45) is 2.80. The number of Topliss-reactive ketones (excluding diaryl/α,β-unsaturated/α-hetero) is 1. The van der Waals surface area contributed by atoms with Gasteiger partial charge in [0.2, 0.25) is 5.88 Å². The zero-order valence-electron chi connectivity index (χ0n) is 18.8. The number of ketones is 1. The number of rotatable bonds is 9. The van der Waals surface area contributed by atoms with Crippen LogP contribution in [0.3, 0.4) is 0 Å². The number of methoxy groups -OCH3 is 1. The van der Waals surface area contributed by atoms with Gasteiger partial charge in [-0.15, -0.1) is 0 Å². The van der Waals surface area contributed by atoms with Crippen molar-refractivity contribution >= 4 is 41.2 Å². The third-order valence-electron chi connectivity index (χ3n) is 4.84. The van der Waals surface area contributed by atoms with Gasteiger partial charge >= 0.3 is 0 Å². The van der Waals surface area contributed by atoms with Crippen molar-refractivity contribution in [3.05, 3.63) is 81.6 Å². The highest BCUT2D eigenvalue weighted by Crippen LogP contribution is 2.30. The minimum Gasteiger partial charge on any atom is -0.493 e. The Morgan fingerprint density at radius 1 is 1.09 bits per heavy atom. The van der Waals surface area contributed by atoms with E-state index in [1.54, 1.807) is 36.4 Å². The molecule has 3 rings (SSSR count). The zero-order valence-corrected chi connectivity index (χ0v) is 19.6. The molecule has 1 aromatic heterocycles. The molecule has 0 unspecified atom stereocenters. The number of hydrogen-bond donors (Lipinski definition) is 2. The molecule has 0 aliphatic carbocycles. The van der Waals surface area contributed by atoms with Crippen molar-refractivity contribution in [3.8, 4) is 11.5 Å². The Labute approximate surface area is 201 Å². The summed E-state index contributed by atoms with van der Waals surface area (Å²) in [7, 11) is 1.52. The second-order valence-electron chi connectivity index (χ2n) is 7.31. The average molecular weight is 483 g/mol. The lowest BCUT2D eigenvalue weighted by Gasteiger charge is -2.11. The third kappa shape index (κ3) is 5.85. The van der Waals surface area contributed by atoms with Crippen LogP contribution in [0.1, 0.15) is 44.5 Å². The summed E-state index contributed by atoms with van der Waals surface area (Å²) in [6.45, 7) is 3.13. The molecular formula is C25H23ClN2O6. The number of benzene rings is 2. The van der Waals surface area contributed by atoms with Crippen LogP contribution in [0, 0.1) is 6.92 Å². The molecule has 0 saturated heterocycles. The molecule has 176 valence electrons. The van der Waals surface area contributed by atoms with Crippen molar-refractivity contribution < 1.29 is 28.3 Å². The summed E-state index contributed by atoms with van der Waals surface area (Å²) in [6, 6.07) is 12.5. The molecule has 8 nitrogen and oxygen atoms in total. The van der Waals surface area contributed by atoms with Crippen LogP contribution in [0.5, 0.6) is 11.5 Å². The molecule has 2 aromatic carbocycles. The molecule has 1 heterocycles. The van der Waals surface area contributed by atoms with Crippen LogP contribution in [0.15, 0.2) is 53.0 Å². The van der Waals surface area contributed by atoms with Gasteiger partial charge in [0.1, 0.15) is 17.9 Å². The largest absolute Gasteiger partial charge is 0.493 e. The molecule has 9 heteroatoms. The number of anilines is 1. The molecule has 0 fully saturated rings. The number of nitrogens with two attached hydrogens (primary N) is 1. The third-order valence-corrected chi connectivity index (χ3v) is 5.09. The van der Waals surface area contributed by atoms with Gasteiger partial charge < -0.3 is 19.6 Å². The number of primary amides is 1.